The van der Waals surface area contributed by atoms with Gasteiger partial charge in [-0.3, -0.25) is 9.89 Å². The zero-order valence-corrected chi connectivity index (χ0v) is 9.89. The SMILES string of the molecule is NCCc1cccc(C(=O)NCc2ncn[nH]2)c1. The molecule has 0 aliphatic rings. The molecule has 0 atom stereocenters. The van der Waals surface area contributed by atoms with Gasteiger partial charge in [-0.25, -0.2) is 4.98 Å². The molecule has 1 aromatic carbocycles. The van der Waals surface area contributed by atoms with E-state index >= 15 is 0 Å². The van der Waals surface area contributed by atoms with E-state index in [1.165, 1.54) is 6.33 Å². The van der Waals surface area contributed by atoms with Crippen molar-refractivity contribution in [1.82, 2.24) is 20.5 Å². The molecule has 2 rings (SSSR count). The van der Waals surface area contributed by atoms with Crippen LogP contribution >= 0.6 is 0 Å². The molecule has 2 aromatic rings. The summed E-state index contributed by atoms with van der Waals surface area (Å²) in [6, 6.07) is 7.44. The fraction of sp³-hybridized carbons (Fsp3) is 0.250. The molecule has 6 nitrogen and oxygen atoms in total. The van der Waals surface area contributed by atoms with Crippen LogP contribution in [0.4, 0.5) is 0 Å². The number of nitrogens with one attached hydrogen (secondary N) is 2. The Morgan fingerprint density at radius 1 is 1.44 bits per heavy atom. The van der Waals surface area contributed by atoms with E-state index in [1.54, 1.807) is 6.07 Å². The molecule has 0 fully saturated rings. The summed E-state index contributed by atoms with van der Waals surface area (Å²) >= 11 is 0. The van der Waals surface area contributed by atoms with Crippen LogP contribution < -0.4 is 11.1 Å². The van der Waals surface area contributed by atoms with Gasteiger partial charge in [0.25, 0.3) is 5.91 Å². The molecule has 1 aromatic heterocycles. The third kappa shape index (κ3) is 3.14. The van der Waals surface area contributed by atoms with Crippen LogP contribution in [0.1, 0.15) is 21.7 Å². The first-order chi connectivity index (χ1) is 8.79. The van der Waals surface area contributed by atoms with E-state index in [0.29, 0.717) is 24.5 Å². The third-order valence-corrected chi connectivity index (χ3v) is 2.50. The van der Waals surface area contributed by atoms with Gasteiger partial charge in [-0.15, -0.1) is 0 Å². The highest BCUT2D eigenvalue weighted by Gasteiger charge is 2.06. The van der Waals surface area contributed by atoms with Crippen LogP contribution in [0.3, 0.4) is 0 Å². The second-order valence-electron chi connectivity index (χ2n) is 3.85. The van der Waals surface area contributed by atoms with Crippen LogP contribution in [0.5, 0.6) is 0 Å². The van der Waals surface area contributed by atoms with E-state index in [4.69, 9.17) is 5.73 Å². The number of hydrogen-bond donors (Lipinski definition) is 3. The van der Waals surface area contributed by atoms with Crippen molar-refractivity contribution < 1.29 is 4.79 Å². The Kier molecular flexibility index (Phi) is 4.03. The molecule has 6 heteroatoms. The van der Waals surface area contributed by atoms with E-state index in [1.807, 2.05) is 18.2 Å². The third-order valence-electron chi connectivity index (χ3n) is 2.50. The lowest BCUT2D eigenvalue weighted by Crippen LogP contribution is -2.23. The Morgan fingerprint density at radius 3 is 3.06 bits per heavy atom. The molecule has 94 valence electrons. The fourth-order valence-electron chi connectivity index (χ4n) is 1.62. The highest BCUT2D eigenvalue weighted by molar-refractivity contribution is 5.94. The first-order valence-corrected chi connectivity index (χ1v) is 5.71. The molecule has 0 unspecified atom stereocenters. The van der Waals surface area contributed by atoms with E-state index in [9.17, 15) is 4.79 Å². The molecule has 4 N–H and O–H groups in total. The Balaban J connectivity index is 1.97. The van der Waals surface area contributed by atoms with Crippen molar-refractivity contribution >= 4 is 5.91 Å². The Bertz CT molecular complexity index is 509. The van der Waals surface area contributed by atoms with Gasteiger partial charge < -0.3 is 11.1 Å². The number of benzene rings is 1. The molecule has 0 saturated carbocycles. The number of carbonyl (C=O) groups is 1. The largest absolute Gasteiger partial charge is 0.345 e. The lowest BCUT2D eigenvalue weighted by molar-refractivity contribution is 0.0950. The Morgan fingerprint density at radius 2 is 2.33 bits per heavy atom. The Hall–Kier alpha value is -2.21. The van der Waals surface area contributed by atoms with Gasteiger partial charge in [-0.2, -0.15) is 5.10 Å². The average molecular weight is 245 g/mol. The van der Waals surface area contributed by atoms with Gasteiger partial charge >= 0.3 is 0 Å². The van der Waals surface area contributed by atoms with Crippen LogP contribution in [0.2, 0.25) is 0 Å². The minimum atomic E-state index is -0.134. The van der Waals surface area contributed by atoms with E-state index < -0.39 is 0 Å². The quantitative estimate of drug-likeness (QED) is 0.702. The smallest absolute Gasteiger partial charge is 0.251 e. The maximum absolute atomic E-state index is 11.9. The highest BCUT2D eigenvalue weighted by atomic mass is 16.1. The molecule has 0 bridgehead atoms. The zero-order valence-electron chi connectivity index (χ0n) is 9.89. The van der Waals surface area contributed by atoms with Crippen molar-refractivity contribution in [2.45, 2.75) is 13.0 Å². The number of carbonyl (C=O) groups excluding carboxylic acids is 1. The molecule has 1 heterocycles. The summed E-state index contributed by atoms with van der Waals surface area (Å²) in [5.41, 5.74) is 7.18. The maximum atomic E-state index is 11.9. The van der Waals surface area contributed by atoms with Crippen molar-refractivity contribution in [3.05, 3.63) is 47.5 Å². The monoisotopic (exact) mass is 245 g/mol. The summed E-state index contributed by atoms with van der Waals surface area (Å²) in [5, 5.41) is 9.16. The molecule has 1 amide bonds. The fourth-order valence-corrected chi connectivity index (χ4v) is 1.62. The summed E-state index contributed by atoms with van der Waals surface area (Å²) in [6.45, 7) is 0.906. The minimum absolute atomic E-state index is 0.134. The molecular weight excluding hydrogens is 230 g/mol. The normalized spacial score (nSPS) is 10.3. The number of aromatic amines is 1. The Labute approximate surface area is 105 Å². The lowest BCUT2D eigenvalue weighted by Gasteiger charge is -2.05. The first-order valence-electron chi connectivity index (χ1n) is 5.71. The molecule has 0 spiro atoms. The van der Waals surface area contributed by atoms with Crippen LogP contribution in [-0.4, -0.2) is 27.6 Å². The molecule has 0 radical (unpaired) electrons. The summed E-state index contributed by atoms with van der Waals surface area (Å²) in [6.07, 6.45) is 2.17. The molecule has 0 aliphatic heterocycles. The summed E-state index contributed by atoms with van der Waals surface area (Å²) < 4.78 is 0. The standard InChI is InChI=1S/C12H15N5O/c13-5-4-9-2-1-3-10(6-9)12(18)14-7-11-15-8-16-17-11/h1-3,6,8H,4-5,7,13H2,(H,14,18)(H,15,16,17). The molecule has 0 saturated heterocycles. The van der Waals surface area contributed by atoms with Crippen LogP contribution in [0.15, 0.2) is 30.6 Å². The van der Waals surface area contributed by atoms with Crippen molar-refractivity contribution in [2.24, 2.45) is 5.73 Å². The number of hydrogen-bond acceptors (Lipinski definition) is 4. The number of H-pyrrole nitrogens is 1. The predicted octanol–water partition coefficient (Wildman–Crippen LogP) is 0.236. The summed E-state index contributed by atoms with van der Waals surface area (Å²) in [7, 11) is 0. The minimum Gasteiger partial charge on any atom is -0.345 e. The van der Waals surface area contributed by atoms with Crippen molar-refractivity contribution in [2.75, 3.05) is 6.54 Å². The van der Waals surface area contributed by atoms with Crippen LogP contribution in [-0.2, 0) is 13.0 Å². The number of nitrogens with zero attached hydrogens (tertiary/aromatic N) is 2. The van der Waals surface area contributed by atoms with Gasteiger partial charge in [0.2, 0.25) is 0 Å². The topological polar surface area (TPSA) is 96.7 Å². The number of aromatic nitrogens is 3. The number of amides is 1. The van der Waals surface area contributed by atoms with E-state index in [2.05, 4.69) is 20.5 Å². The second-order valence-corrected chi connectivity index (χ2v) is 3.85. The predicted molar refractivity (Wildman–Crippen MR) is 66.8 cm³/mol. The highest BCUT2D eigenvalue weighted by Crippen LogP contribution is 2.05. The lowest BCUT2D eigenvalue weighted by atomic mass is 10.1. The summed E-state index contributed by atoms with van der Waals surface area (Å²) in [4.78, 5) is 15.8. The van der Waals surface area contributed by atoms with Gasteiger partial charge in [0.15, 0.2) is 0 Å². The van der Waals surface area contributed by atoms with E-state index in [-0.39, 0.29) is 5.91 Å². The van der Waals surface area contributed by atoms with Crippen molar-refractivity contribution in [3.63, 3.8) is 0 Å². The number of rotatable bonds is 5. The summed E-state index contributed by atoms with van der Waals surface area (Å²) in [5.74, 6) is 0.492. The van der Waals surface area contributed by atoms with Gasteiger partial charge in [-0.1, -0.05) is 12.1 Å². The van der Waals surface area contributed by atoms with E-state index in [0.717, 1.165) is 12.0 Å². The van der Waals surface area contributed by atoms with Gasteiger partial charge in [0.1, 0.15) is 12.2 Å². The van der Waals surface area contributed by atoms with Crippen LogP contribution in [0, 0.1) is 0 Å². The number of nitrogens with two attached hydrogens (primary N) is 1. The van der Waals surface area contributed by atoms with Crippen molar-refractivity contribution in [1.29, 1.82) is 0 Å². The molecule has 0 aliphatic carbocycles. The second kappa shape index (κ2) is 5.92. The van der Waals surface area contributed by atoms with Gasteiger partial charge in [0.05, 0.1) is 6.54 Å². The average Bonchev–Trinajstić information content (AvgIpc) is 2.90. The van der Waals surface area contributed by atoms with Crippen LogP contribution in [0.25, 0.3) is 0 Å². The van der Waals surface area contributed by atoms with Gasteiger partial charge in [0, 0.05) is 5.56 Å². The van der Waals surface area contributed by atoms with Gasteiger partial charge in [-0.05, 0) is 30.7 Å². The molecule has 18 heavy (non-hydrogen) atoms. The zero-order chi connectivity index (χ0) is 12.8. The molecular formula is C12H15N5O. The first kappa shape index (κ1) is 12.3. The maximum Gasteiger partial charge on any atom is 0.251 e. The van der Waals surface area contributed by atoms with Crippen molar-refractivity contribution in [3.8, 4) is 0 Å².